The SMILES string of the molecule is CC.N#Cc1ccc(-n2cccn2)c(F)c1-c1cc(C(C=O)c2ccccc2)ccc1Cl. The molecule has 0 N–H and O–H groups in total. The van der Waals surface area contributed by atoms with Crippen molar-refractivity contribution < 1.29 is 9.18 Å². The zero-order chi connectivity index (χ0) is 23.1. The third-order valence-electron chi connectivity index (χ3n) is 4.91. The Morgan fingerprint density at radius 3 is 2.44 bits per heavy atom. The number of carbonyl (C=O) groups excluding carboxylic acids is 1. The van der Waals surface area contributed by atoms with E-state index in [1.54, 1.807) is 36.7 Å². The lowest BCUT2D eigenvalue weighted by Gasteiger charge is -2.16. The van der Waals surface area contributed by atoms with Gasteiger partial charge in [-0.3, -0.25) is 0 Å². The van der Waals surface area contributed by atoms with Gasteiger partial charge in [0.15, 0.2) is 5.82 Å². The molecular formula is C26H21ClFN3O. The van der Waals surface area contributed by atoms with Gasteiger partial charge < -0.3 is 4.79 Å². The Hall–Kier alpha value is -3.75. The standard InChI is InChI=1S/C24H15ClFN3O.C2H6/c25-21-9-7-17(20(15-30)16-5-2-1-3-6-16)13-19(21)23-18(14-27)8-10-22(24(23)26)29-12-4-11-28-29;1-2/h1-13,15,20H;1-2H3. The number of aldehydes is 1. The van der Waals surface area contributed by atoms with Crippen LogP contribution >= 0.6 is 11.6 Å². The highest BCUT2D eigenvalue weighted by atomic mass is 35.5. The van der Waals surface area contributed by atoms with E-state index >= 15 is 4.39 Å². The lowest BCUT2D eigenvalue weighted by molar-refractivity contribution is -0.108. The van der Waals surface area contributed by atoms with Crippen molar-refractivity contribution in [3.8, 4) is 22.9 Å². The highest BCUT2D eigenvalue weighted by molar-refractivity contribution is 6.33. The number of aromatic nitrogens is 2. The van der Waals surface area contributed by atoms with E-state index in [0.717, 1.165) is 11.8 Å². The number of rotatable bonds is 5. The second-order valence-corrected chi connectivity index (χ2v) is 7.05. The van der Waals surface area contributed by atoms with Crippen molar-refractivity contribution in [3.05, 3.63) is 107 Å². The molecule has 1 aromatic heterocycles. The first-order valence-corrected chi connectivity index (χ1v) is 10.5. The lowest BCUT2D eigenvalue weighted by atomic mass is 9.89. The molecule has 1 heterocycles. The summed E-state index contributed by atoms with van der Waals surface area (Å²) in [5.41, 5.74) is 2.24. The van der Waals surface area contributed by atoms with E-state index in [1.165, 1.54) is 16.8 Å². The molecule has 0 radical (unpaired) electrons. The highest BCUT2D eigenvalue weighted by Gasteiger charge is 2.21. The smallest absolute Gasteiger partial charge is 0.158 e. The number of benzene rings is 3. The van der Waals surface area contributed by atoms with Gasteiger partial charge in [-0.2, -0.15) is 10.4 Å². The molecule has 0 saturated heterocycles. The molecule has 0 aliphatic rings. The molecule has 0 aliphatic carbocycles. The maximum absolute atomic E-state index is 15.5. The molecule has 0 bridgehead atoms. The molecule has 0 amide bonds. The van der Waals surface area contributed by atoms with Gasteiger partial charge in [0.1, 0.15) is 12.0 Å². The Balaban J connectivity index is 0.00000141. The monoisotopic (exact) mass is 445 g/mol. The summed E-state index contributed by atoms with van der Waals surface area (Å²) in [6.45, 7) is 4.00. The molecule has 4 aromatic rings. The largest absolute Gasteiger partial charge is 0.302 e. The van der Waals surface area contributed by atoms with Gasteiger partial charge in [0.05, 0.1) is 17.6 Å². The first-order chi connectivity index (χ1) is 15.6. The molecule has 3 aromatic carbocycles. The second-order valence-electron chi connectivity index (χ2n) is 6.65. The fourth-order valence-electron chi connectivity index (χ4n) is 3.45. The van der Waals surface area contributed by atoms with Crippen molar-refractivity contribution in [2.75, 3.05) is 0 Å². The molecule has 32 heavy (non-hydrogen) atoms. The summed E-state index contributed by atoms with van der Waals surface area (Å²) in [4.78, 5) is 11.9. The van der Waals surface area contributed by atoms with Crippen LogP contribution in [0, 0.1) is 17.1 Å². The van der Waals surface area contributed by atoms with Crippen LogP contribution in [0.3, 0.4) is 0 Å². The molecule has 6 heteroatoms. The van der Waals surface area contributed by atoms with Crippen LogP contribution in [0.5, 0.6) is 0 Å². The maximum Gasteiger partial charge on any atom is 0.158 e. The van der Waals surface area contributed by atoms with Crippen molar-refractivity contribution in [2.24, 2.45) is 0 Å². The summed E-state index contributed by atoms with van der Waals surface area (Å²) in [5.74, 6) is -1.15. The minimum Gasteiger partial charge on any atom is -0.302 e. The molecule has 0 spiro atoms. The summed E-state index contributed by atoms with van der Waals surface area (Å²) in [5, 5.41) is 13.9. The number of carbonyl (C=O) groups is 1. The Kier molecular flexibility index (Phi) is 7.54. The third kappa shape index (κ3) is 4.46. The van der Waals surface area contributed by atoms with E-state index in [4.69, 9.17) is 11.6 Å². The fourth-order valence-corrected chi connectivity index (χ4v) is 3.66. The van der Waals surface area contributed by atoms with Crippen LogP contribution < -0.4 is 0 Å². The van der Waals surface area contributed by atoms with Gasteiger partial charge in [0.25, 0.3) is 0 Å². The van der Waals surface area contributed by atoms with Crippen LogP contribution in [0.1, 0.15) is 36.5 Å². The molecular weight excluding hydrogens is 425 g/mol. The molecule has 1 atom stereocenters. The predicted octanol–water partition coefficient (Wildman–Crippen LogP) is 6.56. The van der Waals surface area contributed by atoms with Gasteiger partial charge >= 0.3 is 0 Å². The first kappa shape index (κ1) is 22.9. The molecule has 0 fully saturated rings. The number of nitrogens with zero attached hydrogens (tertiary/aromatic N) is 3. The van der Waals surface area contributed by atoms with E-state index in [9.17, 15) is 10.1 Å². The highest BCUT2D eigenvalue weighted by Crippen LogP contribution is 2.37. The van der Waals surface area contributed by atoms with Crippen LogP contribution in [-0.4, -0.2) is 16.1 Å². The minimum absolute atomic E-state index is 0.0788. The van der Waals surface area contributed by atoms with E-state index in [1.807, 2.05) is 50.2 Å². The average molecular weight is 446 g/mol. The summed E-state index contributed by atoms with van der Waals surface area (Å²) >= 11 is 6.42. The van der Waals surface area contributed by atoms with Crippen LogP contribution in [0.2, 0.25) is 5.02 Å². The normalized spacial score (nSPS) is 11.1. The molecule has 0 aliphatic heterocycles. The number of nitriles is 1. The predicted molar refractivity (Wildman–Crippen MR) is 124 cm³/mol. The molecule has 4 nitrogen and oxygen atoms in total. The lowest BCUT2D eigenvalue weighted by Crippen LogP contribution is -2.05. The summed E-state index contributed by atoms with van der Waals surface area (Å²) in [6, 6.07) is 21.0. The zero-order valence-electron chi connectivity index (χ0n) is 17.7. The van der Waals surface area contributed by atoms with Crippen LogP contribution in [0.15, 0.2) is 79.1 Å². The zero-order valence-corrected chi connectivity index (χ0v) is 18.4. The Morgan fingerprint density at radius 1 is 1.06 bits per heavy atom. The van der Waals surface area contributed by atoms with Gasteiger partial charge in [-0.25, -0.2) is 9.07 Å². The molecule has 160 valence electrons. The molecule has 1 unspecified atom stereocenters. The summed E-state index contributed by atoms with van der Waals surface area (Å²) in [6.07, 6.45) is 3.99. The number of hydrogen-bond acceptors (Lipinski definition) is 3. The van der Waals surface area contributed by atoms with Gasteiger partial charge in [0.2, 0.25) is 0 Å². The van der Waals surface area contributed by atoms with Crippen LogP contribution in [-0.2, 0) is 4.79 Å². The minimum atomic E-state index is -0.612. The van der Waals surface area contributed by atoms with Gasteiger partial charge in [-0.05, 0) is 41.5 Å². The van der Waals surface area contributed by atoms with Crippen molar-refractivity contribution in [3.63, 3.8) is 0 Å². The van der Waals surface area contributed by atoms with E-state index in [-0.39, 0.29) is 21.8 Å². The Morgan fingerprint density at radius 2 is 1.81 bits per heavy atom. The quantitative estimate of drug-likeness (QED) is 0.327. The number of halogens is 2. The van der Waals surface area contributed by atoms with Crippen molar-refractivity contribution in [2.45, 2.75) is 19.8 Å². The van der Waals surface area contributed by atoms with Crippen molar-refractivity contribution in [1.29, 1.82) is 5.26 Å². The molecule has 0 saturated carbocycles. The van der Waals surface area contributed by atoms with Crippen LogP contribution in [0.4, 0.5) is 4.39 Å². The Labute approximate surface area is 191 Å². The van der Waals surface area contributed by atoms with E-state index < -0.39 is 11.7 Å². The van der Waals surface area contributed by atoms with Crippen molar-refractivity contribution in [1.82, 2.24) is 9.78 Å². The van der Waals surface area contributed by atoms with E-state index in [0.29, 0.717) is 11.1 Å². The first-order valence-electron chi connectivity index (χ1n) is 10.2. The van der Waals surface area contributed by atoms with E-state index in [2.05, 4.69) is 5.10 Å². The average Bonchev–Trinajstić information content (AvgIpc) is 3.37. The molecule has 4 rings (SSSR count). The second kappa shape index (κ2) is 10.5. The topological polar surface area (TPSA) is 58.7 Å². The van der Waals surface area contributed by atoms with Gasteiger partial charge in [-0.1, -0.05) is 61.8 Å². The Bertz CT molecular complexity index is 1250. The number of hydrogen-bond donors (Lipinski definition) is 0. The third-order valence-corrected chi connectivity index (χ3v) is 5.24. The van der Waals surface area contributed by atoms with Crippen LogP contribution in [0.25, 0.3) is 16.8 Å². The summed E-state index contributed by atoms with van der Waals surface area (Å²) < 4.78 is 16.9. The van der Waals surface area contributed by atoms with Gasteiger partial charge in [0, 0.05) is 28.5 Å². The fraction of sp³-hybridized carbons (Fsp3) is 0.115. The maximum atomic E-state index is 15.5. The van der Waals surface area contributed by atoms with Gasteiger partial charge in [-0.15, -0.1) is 0 Å². The summed E-state index contributed by atoms with van der Waals surface area (Å²) in [7, 11) is 0. The van der Waals surface area contributed by atoms with Crippen molar-refractivity contribution >= 4 is 17.9 Å².